The van der Waals surface area contributed by atoms with E-state index in [1.807, 2.05) is 43.5 Å². The van der Waals surface area contributed by atoms with Crippen LogP contribution in [0.2, 0.25) is 0 Å². The number of urea groups is 1. The number of aryl methyl sites for hydroxylation is 1. The molecule has 2 aromatic rings. The summed E-state index contributed by atoms with van der Waals surface area (Å²) in [5.41, 5.74) is 1.08. The van der Waals surface area contributed by atoms with E-state index >= 15 is 0 Å². The first-order chi connectivity index (χ1) is 11.7. The third-order valence-electron chi connectivity index (χ3n) is 4.40. The fourth-order valence-electron chi connectivity index (χ4n) is 3.07. The zero-order valence-corrected chi connectivity index (χ0v) is 14.1. The van der Waals surface area contributed by atoms with Gasteiger partial charge in [-0.2, -0.15) is 0 Å². The number of carbonyl (C=O) groups is 1. The average molecular weight is 328 g/mol. The summed E-state index contributed by atoms with van der Waals surface area (Å²) in [6.07, 6.45) is 4.30. The molecule has 0 bridgehead atoms. The lowest BCUT2D eigenvalue weighted by Gasteiger charge is -2.22. The molecule has 3 atom stereocenters. The van der Waals surface area contributed by atoms with E-state index in [1.165, 1.54) is 0 Å². The highest BCUT2D eigenvalue weighted by molar-refractivity contribution is 5.74. The molecule has 0 aliphatic carbocycles. The number of rotatable bonds is 5. The molecule has 1 aromatic heterocycles. The molecule has 6 nitrogen and oxygen atoms in total. The van der Waals surface area contributed by atoms with Gasteiger partial charge in [0, 0.05) is 25.5 Å². The van der Waals surface area contributed by atoms with Crippen LogP contribution in [0.3, 0.4) is 0 Å². The Morgan fingerprint density at radius 3 is 2.96 bits per heavy atom. The minimum Gasteiger partial charge on any atom is -0.368 e. The van der Waals surface area contributed by atoms with E-state index in [0.717, 1.165) is 24.4 Å². The van der Waals surface area contributed by atoms with Gasteiger partial charge in [-0.15, -0.1) is 0 Å². The van der Waals surface area contributed by atoms with Gasteiger partial charge in [0.05, 0.1) is 12.1 Å². The van der Waals surface area contributed by atoms with Crippen LogP contribution in [0, 0.1) is 0 Å². The third-order valence-corrected chi connectivity index (χ3v) is 4.40. The highest BCUT2D eigenvalue weighted by Gasteiger charge is 2.33. The number of hydrogen-bond donors (Lipinski definition) is 2. The molecule has 1 fully saturated rings. The number of imidazole rings is 1. The number of amides is 2. The largest absolute Gasteiger partial charge is 0.368 e. The lowest BCUT2D eigenvalue weighted by Crippen LogP contribution is -2.44. The van der Waals surface area contributed by atoms with Crippen molar-refractivity contribution in [2.75, 3.05) is 6.61 Å². The van der Waals surface area contributed by atoms with Crippen LogP contribution in [0.25, 0.3) is 0 Å². The molecule has 24 heavy (non-hydrogen) atoms. The van der Waals surface area contributed by atoms with Crippen LogP contribution < -0.4 is 10.6 Å². The minimum absolute atomic E-state index is 0.0513. The second kappa shape index (κ2) is 7.49. The first-order valence-electron chi connectivity index (χ1n) is 8.43. The van der Waals surface area contributed by atoms with Gasteiger partial charge in [-0.1, -0.05) is 30.3 Å². The zero-order valence-electron chi connectivity index (χ0n) is 14.1. The van der Waals surface area contributed by atoms with Crippen molar-refractivity contribution in [2.45, 2.75) is 45.0 Å². The van der Waals surface area contributed by atoms with Gasteiger partial charge >= 0.3 is 6.03 Å². The molecule has 6 heteroatoms. The molecule has 2 heterocycles. The molecule has 1 saturated heterocycles. The van der Waals surface area contributed by atoms with Crippen LogP contribution in [-0.2, 0) is 11.3 Å². The van der Waals surface area contributed by atoms with Gasteiger partial charge in [-0.25, -0.2) is 9.78 Å². The fraction of sp³-hybridized carbons (Fsp3) is 0.444. The van der Waals surface area contributed by atoms with Crippen molar-refractivity contribution in [1.82, 2.24) is 20.2 Å². The van der Waals surface area contributed by atoms with Gasteiger partial charge in [0.2, 0.25) is 0 Å². The fourth-order valence-corrected chi connectivity index (χ4v) is 3.07. The van der Waals surface area contributed by atoms with Crippen molar-refractivity contribution >= 4 is 6.03 Å². The van der Waals surface area contributed by atoms with Crippen molar-refractivity contribution in [3.8, 4) is 0 Å². The summed E-state index contributed by atoms with van der Waals surface area (Å²) in [4.78, 5) is 16.7. The summed E-state index contributed by atoms with van der Waals surface area (Å²) in [7, 11) is 0. The lowest BCUT2D eigenvalue weighted by atomic mass is 10.1. The Bertz CT molecular complexity index is 671. The maximum Gasteiger partial charge on any atom is 0.315 e. The van der Waals surface area contributed by atoms with Crippen molar-refractivity contribution in [1.29, 1.82) is 0 Å². The number of hydrogen-bond acceptors (Lipinski definition) is 3. The van der Waals surface area contributed by atoms with Crippen molar-refractivity contribution in [3.63, 3.8) is 0 Å². The van der Waals surface area contributed by atoms with Crippen molar-refractivity contribution in [3.05, 3.63) is 54.1 Å². The smallest absolute Gasteiger partial charge is 0.315 e. The van der Waals surface area contributed by atoms with Gasteiger partial charge in [-0.05, 0) is 25.8 Å². The van der Waals surface area contributed by atoms with E-state index in [2.05, 4.69) is 27.1 Å². The topological polar surface area (TPSA) is 68.2 Å². The normalized spacial score (nSPS) is 21.4. The highest BCUT2D eigenvalue weighted by atomic mass is 16.5. The summed E-state index contributed by atoms with van der Waals surface area (Å²) in [6.45, 7) is 5.50. The van der Waals surface area contributed by atoms with Gasteiger partial charge in [0.1, 0.15) is 11.9 Å². The summed E-state index contributed by atoms with van der Waals surface area (Å²) in [5.74, 6) is 0.872. The molecule has 0 spiro atoms. The Labute approximate surface area is 142 Å². The van der Waals surface area contributed by atoms with Crippen LogP contribution in [0.15, 0.2) is 42.7 Å². The number of ether oxygens (including phenoxy) is 1. The van der Waals surface area contributed by atoms with Gasteiger partial charge < -0.3 is 19.9 Å². The summed E-state index contributed by atoms with van der Waals surface area (Å²) < 4.78 is 7.87. The maximum atomic E-state index is 12.3. The van der Waals surface area contributed by atoms with E-state index < -0.39 is 0 Å². The molecule has 1 unspecified atom stereocenters. The summed E-state index contributed by atoms with van der Waals surface area (Å²) in [6, 6.07) is 9.61. The first-order valence-corrected chi connectivity index (χ1v) is 8.43. The zero-order chi connectivity index (χ0) is 16.9. The SMILES string of the molecule is CCn1ccnc1[C@H]1OCC[C@@H]1NC(=O)NC(C)c1ccccc1. The highest BCUT2D eigenvalue weighted by Crippen LogP contribution is 2.28. The van der Waals surface area contributed by atoms with Crippen molar-refractivity contribution < 1.29 is 9.53 Å². The molecular weight excluding hydrogens is 304 g/mol. The molecule has 1 aliphatic rings. The van der Waals surface area contributed by atoms with E-state index in [4.69, 9.17) is 4.74 Å². The van der Waals surface area contributed by atoms with Gasteiger partial charge in [-0.3, -0.25) is 0 Å². The first kappa shape index (κ1) is 16.5. The van der Waals surface area contributed by atoms with Crippen molar-refractivity contribution in [2.24, 2.45) is 0 Å². The predicted octanol–water partition coefficient (Wildman–Crippen LogP) is 2.79. The van der Waals surface area contributed by atoms with Crippen LogP contribution >= 0.6 is 0 Å². The van der Waals surface area contributed by atoms with Crippen LogP contribution in [-0.4, -0.2) is 28.2 Å². The Morgan fingerprint density at radius 2 is 2.21 bits per heavy atom. The molecular formula is C18H24N4O2. The van der Waals surface area contributed by atoms with Crippen LogP contribution in [0.1, 0.15) is 43.8 Å². The quantitative estimate of drug-likeness (QED) is 0.887. The standard InChI is InChI=1S/C18H24N4O2/c1-3-22-11-10-19-17(22)16-15(9-12-24-16)21-18(23)20-13(2)14-7-5-4-6-8-14/h4-8,10-11,13,15-16H,3,9,12H2,1-2H3,(H2,20,21,23)/t13?,15-,16-/m0/s1. The van der Waals surface area contributed by atoms with E-state index in [1.54, 1.807) is 6.20 Å². The lowest BCUT2D eigenvalue weighted by molar-refractivity contribution is 0.0901. The molecule has 2 N–H and O–H groups in total. The Morgan fingerprint density at radius 1 is 1.42 bits per heavy atom. The Hall–Kier alpha value is -2.34. The minimum atomic E-state index is -0.197. The predicted molar refractivity (Wildman–Crippen MR) is 91.5 cm³/mol. The Kier molecular flexibility index (Phi) is 5.15. The van der Waals surface area contributed by atoms with E-state index in [0.29, 0.717) is 6.61 Å². The number of aromatic nitrogens is 2. The molecule has 2 amide bonds. The summed E-state index contributed by atoms with van der Waals surface area (Å²) in [5, 5.41) is 6.03. The monoisotopic (exact) mass is 328 g/mol. The van der Waals surface area contributed by atoms with E-state index in [9.17, 15) is 4.79 Å². The molecule has 128 valence electrons. The average Bonchev–Trinajstić information content (AvgIpc) is 3.23. The van der Waals surface area contributed by atoms with Crippen LogP contribution in [0.5, 0.6) is 0 Å². The number of carbonyl (C=O) groups excluding carboxylic acids is 1. The maximum absolute atomic E-state index is 12.3. The van der Waals surface area contributed by atoms with E-state index in [-0.39, 0.29) is 24.2 Å². The second-order valence-electron chi connectivity index (χ2n) is 6.01. The molecule has 1 aliphatic heterocycles. The number of nitrogens with zero attached hydrogens (tertiary/aromatic N) is 2. The Balaban J connectivity index is 1.61. The molecule has 0 saturated carbocycles. The molecule has 1 aromatic carbocycles. The second-order valence-corrected chi connectivity index (χ2v) is 6.01. The van der Waals surface area contributed by atoms with Gasteiger partial charge in [0.25, 0.3) is 0 Å². The number of nitrogens with one attached hydrogen (secondary N) is 2. The number of benzene rings is 1. The summed E-state index contributed by atoms with van der Waals surface area (Å²) >= 11 is 0. The van der Waals surface area contributed by atoms with Gasteiger partial charge in [0.15, 0.2) is 0 Å². The molecule has 0 radical (unpaired) electrons. The molecule has 3 rings (SSSR count). The van der Waals surface area contributed by atoms with Crippen LogP contribution in [0.4, 0.5) is 4.79 Å². The third kappa shape index (κ3) is 3.59.